The van der Waals surface area contributed by atoms with Gasteiger partial charge in [-0.3, -0.25) is 4.79 Å². The molecule has 0 saturated heterocycles. The smallest absolute Gasteiger partial charge is 0.251 e. The van der Waals surface area contributed by atoms with Gasteiger partial charge >= 0.3 is 0 Å². The van der Waals surface area contributed by atoms with E-state index in [9.17, 15) is 4.79 Å². The molecular formula is C18H23NO2. The van der Waals surface area contributed by atoms with Crippen LogP contribution >= 0.6 is 0 Å². The average molecular weight is 285 g/mol. The fourth-order valence-corrected chi connectivity index (χ4v) is 2.78. The lowest BCUT2D eigenvalue weighted by molar-refractivity contribution is 0.0933. The van der Waals surface area contributed by atoms with Gasteiger partial charge in [0.2, 0.25) is 0 Å². The minimum absolute atomic E-state index is 0.0257. The SMILES string of the molecule is CC1CCCC(NC(=O)c2cccc(C#CCO)c2)CC1. The molecule has 3 nitrogen and oxygen atoms in total. The number of rotatable bonds is 2. The highest BCUT2D eigenvalue weighted by atomic mass is 16.2. The normalized spacial score (nSPS) is 21.8. The molecule has 112 valence electrons. The summed E-state index contributed by atoms with van der Waals surface area (Å²) in [7, 11) is 0. The van der Waals surface area contributed by atoms with Crippen LogP contribution in [0.3, 0.4) is 0 Å². The van der Waals surface area contributed by atoms with E-state index in [4.69, 9.17) is 5.11 Å². The molecule has 1 amide bonds. The lowest BCUT2D eigenvalue weighted by atomic mass is 10.0. The zero-order chi connectivity index (χ0) is 15.1. The molecule has 21 heavy (non-hydrogen) atoms. The lowest BCUT2D eigenvalue weighted by Gasteiger charge is -2.16. The van der Waals surface area contributed by atoms with E-state index in [-0.39, 0.29) is 18.6 Å². The van der Waals surface area contributed by atoms with Crippen molar-refractivity contribution in [2.45, 2.75) is 45.1 Å². The molecule has 1 aliphatic carbocycles. The molecule has 1 aliphatic rings. The minimum atomic E-state index is -0.170. The van der Waals surface area contributed by atoms with Crippen LogP contribution in [-0.2, 0) is 0 Å². The highest BCUT2D eigenvalue weighted by Gasteiger charge is 2.18. The summed E-state index contributed by atoms with van der Waals surface area (Å²) in [5, 5.41) is 11.9. The molecule has 2 rings (SSSR count). The summed E-state index contributed by atoms with van der Waals surface area (Å²) in [6, 6.07) is 7.53. The van der Waals surface area contributed by atoms with Crippen molar-refractivity contribution in [2.24, 2.45) is 5.92 Å². The largest absolute Gasteiger partial charge is 0.384 e. The van der Waals surface area contributed by atoms with Gasteiger partial charge in [0.25, 0.3) is 5.91 Å². The highest BCUT2D eigenvalue weighted by Crippen LogP contribution is 2.22. The number of hydrogen-bond acceptors (Lipinski definition) is 2. The van der Waals surface area contributed by atoms with Crippen LogP contribution in [0.1, 0.15) is 54.9 Å². The van der Waals surface area contributed by atoms with E-state index >= 15 is 0 Å². The number of carbonyl (C=O) groups excluding carboxylic acids is 1. The van der Waals surface area contributed by atoms with E-state index in [1.807, 2.05) is 12.1 Å². The molecular weight excluding hydrogens is 262 g/mol. The van der Waals surface area contributed by atoms with Crippen molar-refractivity contribution in [1.29, 1.82) is 0 Å². The Morgan fingerprint density at radius 1 is 1.33 bits per heavy atom. The van der Waals surface area contributed by atoms with Crippen LogP contribution in [0.25, 0.3) is 0 Å². The number of amides is 1. The summed E-state index contributed by atoms with van der Waals surface area (Å²) in [6.45, 7) is 2.12. The maximum Gasteiger partial charge on any atom is 0.251 e. The van der Waals surface area contributed by atoms with Crippen molar-refractivity contribution < 1.29 is 9.90 Å². The molecule has 0 radical (unpaired) electrons. The van der Waals surface area contributed by atoms with Crippen LogP contribution in [0.4, 0.5) is 0 Å². The highest BCUT2D eigenvalue weighted by molar-refractivity contribution is 5.94. The standard InChI is InChI=1S/C18H23NO2/c1-14-5-2-9-17(11-10-14)19-18(21)16-8-3-6-15(13-16)7-4-12-20/h3,6,8,13-14,17,20H,2,5,9-12H2,1H3,(H,19,21). The van der Waals surface area contributed by atoms with Crippen LogP contribution in [0, 0.1) is 17.8 Å². The summed E-state index contributed by atoms with van der Waals surface area (Å²) in [4.78, 5) is 12.3. The van der Waals surface area contributed by atoms with Crippen molar-refractivity contribution in [2.75, 3.05) is 6.61 Å². The predicted octanol–water partition coefficient (Wildman–Crippen LogP) is 2.73. The fourth-order valence-electron chi connectivity index (χ4n) is 2.78. The van der Waals surface area contributed by atoms with Gasteiger partial charge in [-0.05, 0) is 43.4 Å². The van der Waals surface area contributed by atoms with Gasteiger partial charge in [-0.1, -0.05) is 37.7 Å². The maximum atomic E-state index is 12.3. The minimum Gasteiger partial charge on any atom is -0.384 e. The summed E-state index contributed by atoms with van der Waals surface area (Å²) >= 11 is 0. The Bertz CT molecular complexity index is 542. The topological polar surface area (TPSA) is 49.3 Å². The first-order chi connectivity index (χ1) is 10.2. The van der Waals surface area contributed by atoms with Gasteiger partial charge in [-0.2, -0.15) is 0 Å². The van der Waals surface area contributed by atoms with E-state index in [2.05, 4.69) is 24.1 Å². The molecule has 0 spiro atoms. The Morgan fingerprint density at radius 2 is 2.19 bits per heavy atom. The fraction of sp³-hybridized carbons (Fsp3) is 0.500. The van der Waals surface area contributed by atoms with Gasteiger partial charge in [0.05, 0.1) is 0 Å². The molecule has 1 aromatic carbocycles. The third-order valence-electron chi connectivity index (χ3n) is 4.03. The molecule has 1 saturated carbocycles. The molecule has 2 N–H and O–H groups in total. The van der Waals surface area contributed by atoms with Crippen molar-refractivity contribution in [1.82, 2.24) is 5.32 Å². The van der Waals surface area contributed by atoms with E-state index < -0.39 is 0 Å². The Labute approximate surface area is 126 Å². The van der Waals surface area contributed by atoms with E-state index in [0.29, 0.717) is 5.56 Å². The molecule has 0 heterocycles. The number of nitrogens with one attached hydrogen (secondary N) is 1. The summed E-state index contributed by atoms with van der Waals surface area (Å²) in [6.07, 6.45) is 5.77. The molecule has 0 bridgehead atoms. The van der Waals surface area contributed by atoms with Crippen LogP contribution in [0.2, 0.25) is 0 Å². The van der Waals surface area contributed by atoms with Crippen molar-refractivity contribution in [3.05, 3.63) is 35.4 Å². The monoisotopic (exact) mass is 285 g/mol. The quantitative estimate of drug-likeness (QED) is 0.648. The number of aliphatic hydroxyl groups is 1. The number of carbonyl (C=O) groups is 1. The summed E-state index contributed by atoms with van der Waals surface area (Å²) < 4.78 is 0. The van der Waals surface area contributed by atoms with Crippen molar-refractivity contribution in [3.8, 4) is 11.8 Å². The third kappa shape index (κ3) is 4.91. The Hall–Kier alpha value is -1.79. The van der Waals surface area contributed by atoms with Gasteiger partial charge in [0.1, 0.15) is 6.61 Å². The lowest BCUT2D eigenvalue weighted by Crippen LogP contribution is -2.34. The van der Waals surface area contributed by atoms with Crippen LogP contribution in [-0.4, -0.2) is 23.7 Å². The summed E-state index contributed by atoms with van der Waals surface area (Å²) in [5.41, 5.74) is 1.39. The second-order valence-corrected chi connectivity index (χ2v) is 5.82. The molecule has 2 unspecified atom stereocenters. The number of hydrogen-bond donors (Lipinski definition) is 2. The third-order valence-corrected chi connectivity index (χ3v) is 4.03. The maximum absolute atomic E-state index is 12.3. The molecule has 3 heteroatoms. The number of aliphatic hydroxyl groups excluding tert-OH is 1. The van der Waals surface area contributed by atoms with E-state index in [1.165, 1.54) is 19.3 Å². The van der Waals surface area contributed by atoms with E-state index in [1.54, 1.807) is 12.1 Å². The van der Waals surface area contributed by atoms with Gasteiger partial charge in [0.15, 0.2) is 0 Å². The van der Waals surface area contributed by atoms with Crippen LogP contribution < -0.4 is 5.32 Å². The molecule has 0 aliphatic heterocycles. The van der Waals surface area contributed by atoms with Crippen molar-refractivity contribution in [3.63, 3.8) is 0 Å². The second kappa shape index (κ2) is 7.85. The Morgan fingerprint density at radius 3 is 3.00 bits per heavy atom. The van der Waals surface area contributed by atoms with Crippen LogP contribution in [0.15, 0.2) is 24.3 Å². The first kappa shape index (κ1) is 15.6. The van der Waals surface area contributed by atoms with E-state index in [0.717, 1.165) is 24.3 Å². The molecule has 1 fully saturated rings. The van der Waals surface area contributed by atoms with Crippen LogP contribution in [0.5, 0.6) is 0 Å². The molecule has 2 atom stereocenters. The molecule has 1 aromatic rings. The first-order valence-electron chi connectivity index (χ1n) is 7.69. The first-order valence-corrected chi connectivity index (χ1v) is 7.69. The number of benzene rings is 1. The molecule has 0 aromatic heterocycles. The Balaban J connectivity index is 1.99. The van der Waals surface area contributed by atoms with Crippen molar-refractivity contribution >= 4 is 5.91 Å². The second-order valence-electron chi connectivity index (χ2n) is 5.82. The zero-order valence-electron chi connectivity index (χ0n) is 12.6. The van der Waals surface area contributed by atoms with Gasteiger partial charge in [0, 0.05) is 17.2 Å². The Kier molecular flexibility index (Phi) is 5.83. The van der Waals surface area contributed by atoms with Gasteiger partial charge < -0.3 is 10.4 Å². The average Bonchev–Trinajstić information content (AvgIpc) is 2.70. The van der Waals surface area contributed by atoms with Gasteiger partial charge in [-0.15, -0.1) is 0 Å². The van der Waals surface area contributed by atoms with Gasteiger partial charge in [-0.25, -0.2) is 0 Å². The zero-order valence-corrected chi connectivity index (χ0v) is 12.6. The summed E-state index contributed by atoms with van der Waals surface area (Å²) in [5.74, 6) is 6.17. The predicted molar refractivity (Wildman–Crippen MR) is 83.9 cm³/mol.